The summed E-state index contributed by atoms with van der Waals surface area (Å²) in [5, 5.41) is 20.0. The van der Waals surface area contributed by atoms with E-state index in [4.69, 9.17) is 9.51 Å². The summed E-state index contributed by atoms with van der Waals surface area (Å²) in [7, 11) is -1.85. The van der Waals surface area contributed by atoms with Crippen molar-refractivity contribution in [1.29, 1.82) is 0 Å². The van der Waals surface area contributed by atoms with E-state index < -0.39 is 30.6 Å². The summed E-state index contributed by atoms with van der Waals surface area (Å²) in [5.74, 6) is -2.26. The number of benzene rings is 2. The first-order valence-electron chi connectivity index (χ1n) is 11.4. The smallest absolute Gasteiger partial charge is 0.477 e. The molecule has 36 heavy (non-hydrogen) atoms. The fourth-order valence-corrected chi connectivity index (χ4v) is 5.61. The minimum atomic E-state index is -2.96. The van der Waals surface area contributed by atoms with Crippen molar-refractivity contribution in [1.82, 2.24) is 4.98 Å². The molecule has 2 N–H and O–H groups in total. The molecule has 0 saturated carbocycles. The van der Waals surface area contributed by atoms with Gasteiger partial charge in [0.25, 0.3) is 0 Å². The highest BCUT2D eigenvalue weighted by atomic mass is 31.1. The molecular formula is C28H30FNO5P+. The Morgan fingerprint density at radius 3 is 2.31 bits per heavy atom. The van der Waals surface area contributed by atoms with Gasteiger partial charge in [0.2, 0.25) is 0 Å². The Morgan fingerprint density at radius 2 is 1.81 bits per heavy atom. The summed E-state index contributed by atoms with van der Waals surface area (Å²) < 4.78 is 32.1. The molecule has 0 spiro atoms. The number of halogens is 1. The molecule has 0 aliphatic carbocycles. The van der Waals surface area contributed by atoms with Crippen molar-refractivity contribution < 1.29 is 28.5 Å². The first-order valence-corrected chi connectivity index (χ1v) is 12.6. The first kappa shape index (κ1) is 27.3. The largest absolute Gasteiger partial charge is 0.534 e. The average molecular weight is 511 g/mol. The van der Waals surface area contributed by atoms with E-state index in [1.807, 2.05) is 44.2 Å². The number of hydrogen-bond donors (Lipinski definition) is 2. The van der Waals surface area contributed by atoms with Crippen LogP contribution in [0, 0.1) is 12.7 Å². The number of nitrogens with zero attached hydrogens (tertiary/aromatic N) is 1. The highest BCUT2D eigenvalue weighted by Crippen LogP contribution is 2.55. The molecule has 0 bridgehead atoms. The quantitative estimate of drug-likeness (QED) is 0.249. The van der Waals surface area contributed by atoms with Crippen LogP contribution in [-0.2, 0) is 19.5 Å². The fraction of sp³-hybridized carbons (Fsp3) is 0.286. The first-order chi connectivity index (χ1) is 16.9. The summed E-state index contributed by atoms with van der Waals surface area (Å²) in [6.07, 6.45) is 0.952. The van der Waals surface area contributed by atoms with E-state index in [0.717, 1.165) is 18.7 Å². The lowest BCUT2D eigenvalue weighted by Gasteiger charge is -2.35. The second-order valence-corrected chi connectivity index (χ2v) is 10.7. The van der Waals surface area contributed by atoms with Crippen LogP contribution in [0.1, 0.15) is 43.5 Å². The van der Waals surface area contributed by atoms with Gasteiger partial charge in [0.05, 0.1) is 18.5 Å². The van der Waals surface area contributed by atoms with Crippen molar-refractivity contribution in [2.75, 3.05) is 7.11 Å². The minimum Gasteiger partial charge on any atom is -0.477 e. The Balaban J connectivity index is 2.55. The third kappa shape index (κ3) is 4.50. The molecule has 6 nitrogen and oxygen atoms in total. The van der Waals surface area contributed by atoms with Crippen molar-refractivity contribution in [3.05, 3.63) is 89.9 Å². The molecule has 3 rings (SSSR count). The number of aliphatic carboxylic acids is 1. The maximum atomic E-state index is 14.0. The van der Waals surface area contributed by atoms with Crippen molar-refractivity contribution in [2.24, 2.45) is 0 Å². The van der Waals surface area contributed by atoms with Crippen LogP contribution in [0.3, 0.4) is 0 Å². The van der Waals surface area contributed by atoms with Gasteiger partial charge in [0.15, 0.2) is 5.60 Å². The molecule has 0 aliphatic heterocycles. The van der Waals surface area contributed by atoms with Crippen molar-refractivity contribution in [2.45, 2.75) is 44.4 Å². The van der Waals surface area contributed by atoms with E-state index in [1.54, 1.807) is 19.1 Å². The Kier molecular flexibility index (Phi) is 7.89. The van der Waals surface area contributed by atoms with Gasteiger partial charge in [0.1, 0.15) is 5.82 Å². The van der Waals surface area contributed by atoms with E-state index in [1.165, 1.54) is 19.1 Å². The molecule has 0 aliphatic rings. The molecule has 188 valence electrons. The molecule has 0 saturated heterocycles. The second-order valence-electron chi connectivity index (χ2n) is 9.08. The lowest BCUT2D eigenvalue weighted by molar-refractivity contribution is -0.146. The lowest BCUT2D eigenvalue weighted by atomic mass is 9.75. The number of aromatic nitrogens is 1. The van der Waals surface area contributed by atoms with Crippen LogP contribution >= 0.6 is 8.03 Å². The molecular weight excluding hydrogens is 480 g/mol. The number of carboxylic acids is 1. The maximum Gasteiger partial charge on any atom is 0.534 e. The van der Waals surface area contributed by atoms with Crippen molar-refractivity contribution >= 4 is 14.0 Å². The van der Waals surface area contributed by atoms with Gasteiger partial charge in [-0.25, -0.2) is 9.18 Å². The average Bonchev–Trinajstić information content (AvgIpc) is 2.83. The van der Waals surface area contributed by atoms with Gasteiger partial charge in [-0.05, 0) is 65.3 Å². The third-order valence-corrected chi connectivity index (χ3v) is 8.16. The molecule has 0 fully saturated rings. The molecule has 3 aromatic rings. The Labute approximate surface area is 211 Å². The Morgan fingerprint density at radius 1 is 1.17 bits per heavy atom. The SMILES string of the molecule is C=CC(C(=O)O)([P+](=O)OC)C(C)(O)c1c(-c2ccc(F)cc2C)cc(-c2ccccc2)nc1C(C)C. The van der Waals surface area contributed by atoms with Crippen LogP contribution in [-0.4, -0.2) is 33.4 Å². The highest BCUT2D eigenvalue weighted by molar-refractivity contribution is 7.43. The van der Waals surface area contributed by atoms with Crippen LogP contribution in [0.15, 0.2) is 67.3 Å². The molecule has 0 amide bonds. The van der Waals surface area contributed by atoms with Crippen LogP contribution < -0.4 is 0 Å². The summed E-state index contributed by atoms with van der Waals surface area (Å²) in [6, 6.07) is 15.4. The van der Waals surface area contributed by atoms with E-state index in [0.29, 0.717) is 28.1 Å². The van der Waals surface area contributed by atoms with Crippen LogP contribution in [0.2, 0.25) is 0 Å². The van der Waals surface area contributed by atoms with Gasteiger partial charge >= 0.3 is 19.2 Å². The second kappa shape index (κ2) is 10.4. The van der Waals surface area contributed by atoms with Crippen molar-refractivity contribution in [3.63, 3.8) is 0 Å². The van der Waals surface area contributed by atoms with Crippen LogP contribution in [0.4, 0.5) is 4.39 Å². The molecule has 3 unspecified atom stereocenters. The summed E-state index contributed by atoms with van der Waals surface area (Å²) >= 11 is 0. The number of pyridine rings is 1. The van der Waals surface area contributed by atoms with Gasteiger partial charge in [0, 0.05) is 11.1 Å². The van der Waals surface area contributed by atoms with Gasteiger partial charge in [-0.1, -0.05) is 56.8 Å². The van der Waals surface area contributed by atoms with Gasteiger partial charge in [-0.2, -0.15) is 0 Å². The number of aryl methyl sites for hydroxylation is 1. The van der Waals surface area contributed by atoms with Gasteiger partial charge in [-0.15, -0.1) is 4.52 Å². The fourth-order valence-electron chi connectivity index (χ4n) is 4.55. The molecule has 1 aromatic heterocycles. The van der Waals surface area contributed by atoms with Crippen LogP contribution in [0.25, 0.3) is 22.4 Å². The monoisotopic (exact) mass is 510 g/mol. The van der Waals surface area contributed by atoms with E-state index >= 15 is 0 Å². The summed E-state index contributed by atoms with van der Waals surface area (Å²) in [4.78, 5) is 17.5. The number of hydrogen-bond acceptors (Lipinski definition) is 5. The zero-order chi connectivity index (χ0) is 26.8. The standard InChI is InChI=1S/C28H29FNO5P/c1-7-28(26(31)32,36(34)35-6)27(5,33)24-22(21-14-13-20(29)15-18(21)4)16-23(30-25(24)17(2)3)19-11-9-8-10-12-19/h7-17,33H,1H2,2-6H3/p+1. The molecule has 0 radical (unpaired) electrons. The van der Waals surface area contributed by atoms with E-state index in [2.05, 4.69) is 6.58 Å². The van der Waals surface area contributed by atoms with E-state index in [-0.39, 0.29) is 11.5 Å². The Bertz CT molecular complexity index is 1320. The molecule has 2 aromatic carbocycles. The maximum absolute atomic E-state index is 14.0. The Hall–Kier alpha value is -3.25. The zero-order valence-corrected chi connectivity index (χ0v) is 21.8. The summed E-state index contributed by atoms with van der Waals surface area (Å²) in [5.41, 5.74) is 1.27. The topological polar surface area (TPSA) is 96.7 Å². The van der Waals surface area contributed by atoms with Gasteiger partial charge < -0.3 is 10.2 Å². The van der Waals surface area contributed by atoms with Crippen molar-refractivity contribution in [3.8, 4) is 22.4 Å². The normalized spacial score (nSPS) is 15.2. The third-order valence-electron chi connectivity index (χ3n) is 6.45. The minimum absolute atomic E-state index is 0.162. The van der Waals surface area contributed by atoms with Gasteiger partial charge in [-0.3, -0.25) is 4.98 Å². The molecule has 3 atom stereocenters. The van der Waals surface area contributed by atoms with Crippen LogP contribution in [0.5, 0.6) is 0 Å². The molecule has 8 heteroatoms. The zero-order valence-electron chi connectivity index (χ0n) is 20.9. The number of aliphatic hydroxyl groups is 1. The predicted molar refractivity (Wildman–Crippen MR) is 139 cm³/mol. The lowest BCUT2D eigenvalue weighted by Crippen LogP contribution is -2.52. The number of rotatable bonds is 9. The number of carboxylic acid groups (broad SMARTS) is 1. The predicted octanol–water partition coefficient (Wildman–Crippen LogP) is 6.59. The summed E-state index contributed by atoms with van der Waals surface area (Å²) in [6.45, 7) is 10.3. The number of carbonyl (C=O) groups is 1. The van der Waals surface area contributed by atoms with E-state index in [9.17, 15) is 24.0 Å². The molecule has 1 heterocycles. The highest BCUT2D eigenvalue weighted by Gasteiger charge is 2.69.